The molecule has 0 saturated heterocycles. The fraction of sp³-hybridized carbons (Fsp3) is 0.0952. The van der Waals surface area contributed by atoms with Crippen LogP contribution in [0.4, 0.5) is 0 Å². The summed E-state index contributed by atoms with van der Waals surface area (Å²) in [5.74, 6) is 0. The zero-order valence-electron chi connectivity index (χ0n) is 24.1. The van der Waals surface area contributed by atoms with E-state index >= 15 is 0 Å². The molecule has 0 amide bonds. The van der Waals surface area contributed by atoms with Gasteiger partial charge in [0.1, 0.15) is 0 Å². The predicted octanol–water partition coefficient (Wildman–Crippen LogP) is 11.6. The molecule has 0 aromatic heterocycles. The van der Waals surface area contributed by atoms with E-state index in [-0.39, 0.29) is 5.41 Å². The summed E-state index contributed by atoms with van der Waals surface area (Å²) < 4.78 is 0. The molecule has 2 aliphatic carbocycles. The Morgan fingerprint density at radius 2 is 1.00 bits per heavy atom. The highest BCUT2D eigenvalue weighted by Gasteiger charge is 2.36. The third-order valence-electron chi connectivity index (χ3n) is 9.95. The number of fused-ring (bicyclic) bond motifs is 7. The Hall–Kier alpha value is -4.94. The minimum Gasteiger partial charge on any atom is -0.0620 e. The zero-order valence-corrected chi connectivity index (χ0v) is 24.1. The lowest BCUT2D eigenvalue weighted by atomic mass is 9.79. The van der Waals surface area contributed by atoms with Gasteiger partial charge in [-0.1, -0.05) is 135 Å². The van der Waals surface area contributed by atoms with Crippen LogP contribution in [0.15, 0.2) is 127 Å². The van der Waals surface area contributed by atoms with Gasteiger partial charge in [0.05, 0.1) is 0 Å². The van der Waals surface area contributed by atoms with Gasteiger partial charge in [-0.3, -0.25) is 0 Å². The van der Waals surface area contributed by atoms with E-state index in [9.17, 15) is 0 Å². The van der Waals surface area contributed by atoms with Gasteiger partial charge in [0.15, 0.2) is 0 Å². The van der Waals surface area contributed by atoms with Crippen molar-refractivity contribution < 1.29 is 0 Å². The molecule has 0 spiro atoms. The molecule has 0 aliphatic heterocycles. The summed E-state index contributed by atoms with van der Waals surface area (Å²) in [6, 6.07) is 47.8. The number of rotatable bonds is 2. The van der Waals surface area contributed by atoms with Gasteiger partial charge in [-0.2, -0.15) is 0 Å². The number of benzene rings is 7. The Morgan fingerprint density at radius 3 is 1.74 bits per heavy atom. The van der Waals surface area contributed by atoms with Gasteiger partial charge in [-0.05, 0) is 107 Å². The summed E-state index contributed by atoms with van der Waals surface area (Å²) >= 11 is 0. The van der Waals surface area contributed by atoms with Crippen molar-refractivity contribution in [3.63, 3.8) is 0 Å². The van der Waals surface area contributed by atoms with E-state index < -0.39 is 0 Å². The molecule has 0 bridgehead atoms. The van der Waals surface area contributed by atoms with E-state index in [0.717, 1.165) is 0 Å². The SMILES string of the molecule is Cc1ccccc1-c1c2c(c(-c3ccc4c(c3)C(C)(C)c3ccccc3-4)c3ccccc13)-c1cccc3cccc-2c13. The lowest BCUT2D eigenvalue weighted by molar-refractivity contribution is 0.660. The molecule has 9 rings (SSSR count). The van der Waals surface area contributed by atoms with E-state index in [4.69, 9.17) is 0 Å². The fourth-order valence-corrected chi connectivity index (χ4v) is 8.03. The molecule has 2 aliphatic rings. The first kappa shape index (κ1) is 23.7. The van der Waals surface area contributed by atoms with Crippen LogP contribution < -0.4 is 0 Å². The smallest absolute Gasteiger partial charge is 0.0159 e. The van der Waals surface area contributed by atoms with Crippen LogP contribution in [0.5, 0.6) is 0 Å². The Kier molecular flexibility index (Phi) is 4.69. The molecular weight excluding hydrogens is 504 g/mol. The molecule has 0 saturated carbocycles. The molecule has 7 aromatic rings. The summed E-state index contributed by atoms with van der Waals surface area (Å²) in [5.41, 5.74) is 17.5. The summed E-state index contributed by atoms with van der Waals surface area (Å²) in [7, 11) is 0. The minimum atomic E-state index is -0.0506. The second-order valence-electron chi connectivity index (χ2n) is 12.5. The van der Waals surface area contributed by atoms with Crippen molar-refractivity contribution >= 4 is 21.5 Å². The lowest BCUT2D eigenvalue weighted by Gasteiger charge is -2.24. The molecule has 42 heavy (non-hydrogen) atoms. The van der Waals surface area contributed by atoms with Crippen LogP contribution in [0, 0.1) is 6.92 Å². The first-order chi connectivity index (χ1) is 20.5. The van der Waals surface area contributed by atoms with E-state index in [2.05, 4.69) is 148 Å². The fourth-order valence-electron chi connectivity index (χ4n) is 8.03. The zero-order chi connectivity index (χ0) is 28.2. The predicted molar refractivity (Wildman–Crippen MR) is 179 cm³/mol. The Balaban J connectivity index is 1.45. The molecule has 0 radical (unpaired) electrons. The molecule has 7 aromatic carbocycles. The van der Waals surface area contributed by atoms with Gasteiger partial charge >= 0.3 is 0 Å². The van der Waals surface area contributed by atoms with Crippen molar-refractivity contribution in [3.8, 4) is 55.6 Å². The highest BCUT2D eigenvalue weighted by molar-refractivity contribution is 6.27. The van der Waals surface area contributed by atoms with Gasteiger partial charge in [0.2, 0.25) is 0 Å². The molecule has 0 fully saturated rings. The van der Waals surface area contributed by atoms with Gasteiger partial charge in [0, 0.05) is 5.41 Å². The quantitative estimate of drug-likeness (QED) is 0.207. The monoisotopic (exact) mass is 534 g/mol. The molecule has 0 unspecified atom stereocenters. The maximum atomic E-state index is 2.49. The lowest BCUT2D eigenvalue weighted by Crippen LogP contribution is -2.14. The van der Waals surface area contributed by atoms with Crippen LogP contribution in [-0.2, 0) is 5.41 Å². The van der Waals surface area contributed by atoms with E-state index in [0.29, 0.717) is 0 Å². The van der Waals surface area contributed by atoms with Gasteiger partial charge in [0.25, 0.3) is 0 Å². The van der Waals surface area contributed by atoms with E-state index in [1.165, 1.54) is 93.9 Å². The van der Waals surface area contributed by atoms with Crippen LogP contribution in [0.25, 0.3) is 77.2 Å². The average Bonchev–Trinajstić information content (AvgIpc) is 3.47. The molecule has 0 heterocycles. The highest BCUT2D eigenvalue weighted by atomic mass is 14.4. The summed E-state index contributed by atoms with van der Waals surface area (Å²) in [6.45, 7) is 7.00. The third-order valence-corrected chi connectivity index (χ3v) is 9.95. The van der Waals surface area contributed by atoms with Crippen LogP contribution in [0.3, 0.4) is 0 Å². The minimum absolute atomic E-state index is 0.0506. The maximum absolute atomic E-state index is 2.49. The highest BCUT2D eigenvalue weighted by Crippen LogP contribution is 2.58. The van der Waals surface area contributed by atoms with Crippen molar-refractivity contribution in [1.82, 2.24) is 0 Å². The third kappa shape index (κ3) is 2.97. The topological polar surface area (TPSA) is 0 Å². The van der Waals surface area contributed by atoms with Crippen molar-refractivity contribution in [2.24, 2.45) is 0 Å². The summed E-state index contributed by atoms with van der Waals surface area (Å²) in [4.78, 5) is 0. The van der Waals surface area contributed by atoms with Crippen LogP contribution in [0.1, 0.15) is 30.5 Å². The summed E-state index contributed by atoms with van der Waals surface area (Å²) in [5, 5.41) is 5.30. The first-order valence-corrected chi connectivity index (χ1v) is 15.0. The average molecular weight is 535 g/mol. The second kappa shape index (κ2) is 8.30. The molecule has 198 valence electrons. The standard InChI is InChI=1S/C42H30/c1-25-12-4-5-15-28(25)39-32-18-7-6-17-31(32)38(40-33-19-10-13-26-14-11-20-34(37(26)33)41(39)40)27-22-23-30-29-16-8-9-21-35(29)42(2,3)36(30)24-27/h4-24H,1-3H3. The summed E-state index contributed by atoms with van der Waals surface area (Å²) in [6.07, 6.45) is 0. The molecule has 0 heteroatoms. The molecule has 0 nitrogen and oxygen atoms in total. The van der Waals surface area contributed by atoms with Crippen LogP contribution in [-0.4, -0.2) is 0 Å². The number of hydrogen-bond acceptors (Lipinski definition) is 0. The van der Waals surface area contributed by atoms with Crippen molar-refractivity contribution in [2.45, 2.75) is 26.2 Å². The molecular formula is C42H30. The van der Waals surface area contributed by atoms with Gasteiger partial charge in [-0.25, -0.2) is 0 Å². The van der Waals surface area contributed by atoms with E-state index in [1.54, 1.807) is 0 Å². The van der Waals surface area contributed by atoms with Crippen molar-refractivity contribution in [2.75, 3.05) is 0 Å². The van der Waals surface area contributed by atoms with Crippen LogP contribution in [0.2, 0.25) is 0 Å². The Morgan fingerprint density at radius 1 is 0.429 bits per heavy atom. The molecule has 0 atom stereocenters. The first-order valence-electron chi connectivity index (χ1n) is 15.0. The molecule has 0 N–H and O–H groups in total. The largest absolute Gasteiger partial charge is 0.0620 e. The number of aryl methyl sites for hydroxylation is 1. The van der Waals surface area contributed by atoms with Gasteiger partial charge < -0.3 is 0 Å². The second-order valence-corrected chi connectivity index (χ2v) is 12.5. The van der Waals surface area contributed by atoms with E-state index in [1.807, 2.05) is 0 Å². The van der Waals surface area contributed by atoms with Crippen molar-refractivity contribution in [1.29, 1.82) is 0 Å². The van der Waals surface area contributed by atoms with Crippen LogP contribution >= 0.6 is 0 Å². The number of hydrogen-bond donors (Lipinski definition) is 0. The van der Waals surface area contributed by atoms with Gasteiger partial charge in [-0.15, -0.1) is 0 Å². The maximum Gasteiger partial charge on any atom is 0.0159 e. The van der Waals surface area contributed by atoms with Crippen molar-refractivity contribution in [3.05, 3.63) is 144 Å². The normalized spacial score (nSPS) is 13.8. The Labute approximate surface area is 246 Å². The Bertz CT molecular complexity index is 2270.